The molecule has 0 saturated carbocycles. The summed E-state index contributed by atoms with van der Waals surface area (Å²) in [6, 6.07) is 0. The van der Waals surface area contributed by atoms with Crippen LogP contribution in [-0.4, -0.2) is 15.4 Å². The van der Waals surface area contributed by atoms with E-state index in [1.54, 1.807) is 0 Å². The second-order valence-corrected chi connectivity index (χ2v) is 11.8. The summed E-state index contributed by atoms with van der Waals surface area (Å²) in [5, 5.41) is 0. The Bertz CT molecular complexity index is 1040. The zero-order valence-corrected chi connectivity index (χ0v) is 23.8. The van der Waals surface area contributed by atoms with Crippen LogP contribution >= 0.6 is 7.82 Å². The van der Waals surface area contributed by atoms with Gasteiger partial charge < -0.3 is 9.26 Å². The Hall–Kier alpha value is -1.81. The fourth-order valence-corrected chi connectivity index (χ4v) is 5.19. The molecule has 1 aromatic carbocycles. The lowest BCUT2D eigenvalue weighted by atomic mass is 9.85. The van der Waals surface area contributed by atoms with Crippen molar-refractivity contribution in [2.75, 3.05) is 0 Å². The van der Waals surface area contributed by atoms with Gasteiger partial charge in [0.05, 0.1) is 0 Å². The highest BCUT2D eigenvalue weighted by Crippen LogP contribution is 2.48. The summed E-state index contributed by atoms with van der Waals surface area (Å²) in [6.07, 6.45) is 15.0. The van der Waals surface area contributed by atoms with Gasteiger partial charge in [0, 0.05) is 5.56 Å². The van der Waals surface area contributed by atoms with Crippen molar-refractivity contribution in [3.05, 3.63) is 57.2 Å². The van der Waals surface area contributed by atoms with Crippen LogP contribution in [0, 0.1) is 20.8 Å². The van der Waals surface area contributed by atoms with E-state index in [4.69, 9.17) is 9.26 Å². The van der Waals surface area contributed by atoms with E-state index in [1.165, 1.54) is 16.7 Å². The minimum Gasteiger partial charge on any atom is -0.487 e. The number of hydrogen-bond donors (Lipinski definition) is 2. The summed E-state index contributed by atoms with van der Waals surface area (Å²) < 4.78 is 23.0. The lowest BCUT2D eigenvalue weighted by Gasteiger charge is -2.38. The van der Waals surface area contributed by atoms with Crippen LogP contribution in [0.5, 0.6) is 11.5 Å². The maximum atomic E-state index is 11.5. The van der Waals surface area contributed by atoms with E-state index in [0.717, 1.165) is 73.8 Å². The number of allylic oxidation sites excluding steroid dienone is 6. The first-order chi connectivity index (χ1) is 16.2. The first kappa shape index (κ1) is 29.4. The molecule has 1 aliphatic rings. The highest BCUT2D eigenvalue weighted by Gasteiger charge is 2.35. The second-order valence-electron chi connectivity index (χ2n) is 10.6. The number of phosphoric acid groups is 1. The van der Waals surface area contributed by atoms with E-state index in [0.29, 0.717) is 5.56 Å². The molecule has 2 rings (SSSR count). The molecule has 1 unspecified atom stereocenters. The van der Waals surface area contributed by atoms with E-state index >= 15 is 0 Å². The summed E-state index contributed by atoms with van der Waals surface area (Å²) in [5.74, 6) is 1.13. The molecule has 1 atom stereocenters. The summed E-state index contributed by atoms with van der Waals surface area (Å²) in [6.45, 7) is 16.5. The molecule has 5 nitrogen and oxygen atoms in total. The van der Waals surface area contributed by atoms with Crippen LogP contribution in [0.25, 0.3) is 0 Å². The third kappa shape index (κ3) is 8.97. The number of phosphoric ester groups is 1. The monoisotopic (exact) mass is 504 g/mol. The molecule has 0 bridgehead atoms. The quantitative estimate of drug-likeness (QED) is 0.234. The van der Waals surface area contributed by atoms with Gasteiger partial charge in [-0.15, -0.1) is 0 Å². The minimum absolute atomic E-state index is 0.263. The van der Waals surface area contributed by atoms with Crippen LogP contribution in [0.4, 0.5) is 0 Å². The lowest BCUT2D eigenvalue weighted by Crippen LogP contribution is -2.37. The first-order valence-electron chi connectivity index (χ1n) is 12.7. The van der Waals surface area contributed by atoms with Gasteiger partial charge >= 0.3 is 7.82 Å². The van der Waals surface area contributed by atoms with Crippen molar-refractivity contribution in [1.82, 2.24) is 0 Å². The molecular weight excluding hydrogens is 459 g/mol. The Morgan fingerprint density at radius 3 is 2.09 bits per heavy atom. The fraction of sp³-hybridized carbons (Fsp3) is 0.586. The molecule has 196 valence electrons. The predicted molar refractivity (Wildman–Crippen MR) is 145 cm³/mol. The van der Waals surface area contributed by atoms with Gasteiger partial charge in [-0.2, -0.15) is 0 Å². The van der Waals surface area contributed by atoms with Crippen molar-refractivity contribution in [2.45, 2.75) is 112 Å². The second kappa shape index (κ2) is 12.4. The molecule has 0 spiro atoms. The fourth-order valence-electron chi connectivity index (χ4n) is 4.68. The molecule has 2 N–H and O–H groups in total. The van der Waals surface area contributed by atoms with Crippen LogP contribution in [0.1, 0.15) is 102 Å². The van der Waals surface area contributed by atoms with Gasteiger partial charge in [0.25, 0.3) is 0 Å². The summed E-state index contributed by atoms with van der Waals surface area (Å²) >= 11 is 0. The van der Waals surface area contributed by atoms with Gasteiger partial charge in [0.2, 0.25) is 0 Å². The molecule has 0 saturated heterocycles. The van der Waals surface area contributed by atoms with E-state index in [1.807, 2.05) is 20.8 Å². The molecule has 0 aliphatic carbocycles. The molecule has 6 heteroatoms. The Morgan fingerprint density at radius 2 is 1.51 bits per heavy atom. The third-order valence-corrected chi connectivity index (χ3v) is 7.48. The predicted octanol–water partition coefficient (Wildman–Crippen LogP) is 8.37. The number of benzene rings is 1. The summed E-state index contributed by atoms with van der Waals surface area (Å²) in [5.41, 5.74) is 7.36. The average Bonchev–Trinajstić information content (AvgIpc) is 2.74. The molecule has 35 heavy (non-hydrogen) atoms. The normalized spacial score (nSPS) is 18.7. The Morgan fingerprint density at radius 1 is 0.943 bits per heavy atom. The molecule has 1 aromatic rings. The van der Waals surface area contributed by atoms with Gasteiger partial charge in [-0.05, 0) is 123 Å². The Kier molecular flexibility index (Phi) is 10.4. The van der Waals surface area contributed by atoms with Crippen LogP contribution in [0.3, 0.4) is 0 Å². The van der Waals surface area contributed by atoms with Crippen LogP contribution in [0.15, 0.2) is 34.9 Å². The van der Waals surface area contributed by atoms with Gasteiger partial charge in [-0.3, -0.25) is 9.79 Å². The van der Waals surface area contributed by atoms with E-state index < -0.39 is 7.82 Å². The molecule has 1 aliphatic heterocycles. The van der Waals surface area contributed by atoms with E-state index in [2.05, 4.69) is 52.8 Å². The van der Waals surface area contributed by atoms with Crippen LogP contribution in [0.2, 0.25) is 0 Å². The van der Waals surface area contributed by atoms with Crippen molar-refractivity contribution >= 4 is 7.82 Å². The molecule has 1 heterocycles. The van der Waals surface area contributed by atoms with Crippen LogP contribution in [-0.2, 0) is 11.0 Å². The summed E-state index contributed by atoms with van der Waals surface area (Å²) in [4.78, 5) is 18.6. The van der Waals surface area contributed by atoms with E-state index in [9.17, 15) is 14.4 Å². The minimum atomic E-state index is -4.62. The van der Waals surface area contributed by atoms with Crippen molar-refractivity contribution in [2.24, 2.45) is 0 Å². The topological polar surface area (TPSA) is 76.0 Å². The Balaban J connectivity index is 1.98. The molecule has 0 aromatic heterocycles. The first-order valence-corrected chi connectivity index (χ1v) is 14.3. The maximum Gasteiger partial charge on any atom is 0.524 e. The number of rotatable bonds is 11. The van der Waals surface area contributed by atoms with E-state index in [-0.39, 0.29) is 11.4 Å². The molecule has 0 amide bonds. The SMILES string of the molecule is CC(C)=CCC/C(C)=C/CC/C(C)=C/CCC1(C)CCc2c(C)c(OP(=O)(O)O)c(C)c(C)c2O1. The number of ether oxygens (including phenoxy) is 1. The van der Waals surface area contributed by atoms with Crippen molar-refractivity contribution in [3.63, 3.8) is 0 Å². The number of hydrogen-bond acceptors (Lipinski definition) is 3. The summed E-state index contributed by atoms with van der Waals surface area (Å²) in [7, 11) is -4.62. The highest BCUT2D eigenvalue weighted by molar-refractivity contribution is 7.46. The average molecular weight is 505 g/mol. The zero-order chi connectivity index (χ0) is 26.4. The molecular formula is C29H45O5P. The van der Waals surface area contributed by atoms with Crippen molar-refractivity contribution in [3.8, 4) is 11.5 Å². The standard InChI is InChI=1S/C29H45O5P/c1-20(2)12-9-13-21(3)14-10-15-22(4)16-11-18-29(8)19-17-26-25(7)27(34-35(30,31)32)23(5)24(6)28(26)33-29/h12,14,16H,9-11,13,15,17-19H2,1-8H3,(H2,30,31,32)/b21-14+,22-16+. The lowest BCUT2D eigenvalue weighted by molar-refractivity contribution is 0.0558. The third-order valence-electron chi connectivity index (χ3n) is 7.06. The number of fused-ring (bicyclic) bond motifs is 1. The Labute approximate surface area is 212 Å². The van der Waals surface area contributed by atoms with Crippen molar-refractivity contribution < 1.29 is 23.6 Å². The van der Waals surface area contributed by atoms with Crippen molar-refractivity contribution in [1.29, 1.82) is 0 Å². The van der Waals surface area contributed by atoms with Crippen LogP contribution < -0.4 is 9.26 Å². The molecule has 0 radical (unpaired) electrons. The highest BCUT2D eigenvalue weighted by atomic mass is 31.2. The van der Waals surface area contributed by atoms with Gasteiger partial charge in [-0.25, -0.2) is 4.57 Å². The smallest absolute Gasteiger partial charge is 0.487 e. The van der Waals surface area contributed by atoms with Gasteiger partial charge in [0.15, 0.2) is 0 Å². The molecule has 0 fully saturated rings. The van der Waals surface area contributed by atoms with Gasteiger partial charge in [0.1, 0.15) is 17.1 Å². The van der Waals surface area contributed by atoms with Gasteiger partial charge in [-0.1, -0.05) is 34.9 Å². The zero-order valence-electron chi connectivity index (χ0n) is 23.0. The largest absolute Gasteiger partial charge is 0.524 e. The maximum absolute atomic E-state index is 11.5.